The van der Waals surface area contributed by atoms with E-state index >= 15 is 0 Å². The lowest BCUT2D eigenvalue weighted by Gasteiger charge is -2.35. The molecule has 4 nitrogen and oxygen atoms in total. The molecule has 0 aromatic heterocycles. The van der Waals surface area contributed by atoms with Gasteiger partial charge in [0.1, 0.15) is 0 Å². The van der Waals surface area contributed by atoms with E-state index in [2.05, 4.69) is 16.0 Å². The summed E-state index contributed by atoms with van der Waals surface area (Å²) in [4.78, 5) is 6.90. The van der Waals surface area contributed by atoms with Crippen molar-refractivity contribution in [3.63, 3.8) is 0 Å². The molecule has 2 aliphatic rings. The third-order valence-electron chi connectivity index (χ3n) is 6.65. The van der Waals surface area contributed by atoms with Crippen molar-refractivity contribution in [2.45, 2.75) is 64.3 Å². The van der Waals surface area contributed by atoms with Gasteiger partial charge in [0, 0.05) is 26.2 Å². The summed E-state index contributed by atoms with van der Waals surface area (Å²) in [7, 11) is 0. The van der Waals surface area contributed by atoms with Crippen molar-refractivity contribution >= 4 is 29.2 Å². The lowest BCUT2D eigenvalue weighted by atomic mass is 9.81. The highest BCUT2D eigenvalue weighted by molar-refractivity contribution is 6.42. The number of benzene rings is 1. The lowest BCUT2D eigenvalue weighted by Crippen LogP contribution is -2.35. The van der Waals surface area contributed by atoms with Crippen LogP contribution < -0.4 is 11.5 Å². The molecule has 6 heteroatoms. The van der Waals surface area contributed by atoms with Gasteiger partial charge in [-0.15, -0.1) is 0 Å². The van der Waals surface area contributed by atoms with E-state index in [1.807, 2.05) is 12.1 Å². The van der Waals surface area contributed by atoms with E-state index in [-0.39, 0.29) is 5.96 Å². The fourth-order valence-electron chi connectivity index (χ4n) is 5.03. The molecule has 162 valence electrons. The van der Waals surface area contributed by atoms with E-state index < -0.39 is 0 Å². The van der Waals surface area contributed by atoms with Crippen molar-refractivity contribution in [2.24, 2.45) is 34.2 Å². The Hall–Kier alpha value is -0.970. The summed E-state index contributed by atoms with van der Waals surface area (Å²) in [5, 5.41) is 1.29. The van der Waals surface area contributed by atoms with Crippen molar-refractivity contribution in [1.82, 2.24) is 4.90 Å². The highest BCUT2D eigenvalue weighted by atomic mass is 35.5. The zero-order valence-corrected chi connectivity index (χ0v) is 19.0. The van der Waals surface area contributed by atoms with Crippen LogP contribution in [0.4, 0.5) is 0 Å². The molecule has 2 saturated carbocycles. The molecular formula is C23H36Cl2N4. The van der Waals surface area contributed by atoms with Crippen LogP contribution in [0.2, 0.25) is 10.0 Å². The second kappa shape index (κ2) is 11.4. The first-order chi connectivity index (χ1) is 14.0. The summed E-state index contributed by atoms with van der Waals surface area (Å²) in [5.74, 6) is 2.45. The molecule has 0 atom stereocenters. The van der Waals surface area contributed by atoms with Gasteiger partial charge in [0.05, 0.1) is 10.0 Å². The Balaban J connectivity index is 1.57. The average molecular weight is 439 g/mol. The number of rotatable bonds is 8. The summed E-state index contributed by atoms with van der Waals surface area (Å²) in [5.41, 5.74) is 12.2. The Labute approximate surface area is 186 Å². The normalized spacial score (nSPS) is 23.3. The average Bonchev–Trinajstić information content (AvgIpc) is 2.71. The van der Waals surface area contributed by atoms with Gasteiger partial charge in [0.25, 0.3) is 0 Å². The third-order valence-corrected chi connectivity index (χ3v) is 7.39. The molecule has 0 saturated heterocycles. The van der Waals surface area contributed by atoms with Crippen LogP contribution >= 0.6 is 23.2 Å². The topological polar surface area (TPSA) is 67.6 Å². The molecule has 0 amide bonds. The first-order valence-electron chi connectivity index (χ1n) is 11.2. The predicted molar refractivity (Wildman–Crippen MR) is 124 cm³/mol. The van der Waals surface area contributed by atoms with E-state index in [4.69, 9.17) is 34.7 Å². The van der Waals surface area contributed by atoms with Crippen LogP contribution in [0.25, 0.3) is 0 Å². The zero-order valence-electron chi connectivity index (χ0n) is 17.5. The van der Waals surface area contributed by atoms with Gasteiger partial charge in [0.15, 0.2) is 5.96 Å². The molecule has 0 bridgehead atoms. The zero-order chi connectivity index (χ0) is 20.6. The van der Waals surface area contributed by atoms with Gasteiger partial charge in [-0.2, -0.15) is 0 Å². The number of nitrogens with two attached hydrogens (primary N) is 2. The summed E-state index contributed by atoms with van der Waals surface area (Å²) in [6, 6.07) is 6.07. The molecule has 1 aromatic carbocycles. The van der Waals surface area contributed by atoms with Gasteiger partial charge in [-0.1, -0.05) is 48.5 Å². The van der Waals surface area contributed by atoms with Gasteiger partial charge in [-0.3, -0.25) is 9.89 Å². The van der Waals surface area contributed by atoms with Gasteiger partial charge in [-0.05, 0) is 74.0 Å². The maximum absolute atomic E-state index is 6.27. The van der Waals surface area contributed by atoms with E-state index in [0.29, 0.717) is 16.0 Å². The second-order valence-electron chi connectivity index (χ2n) is 9.10. The fraction of sp³-hybridized carbons (Fsp3) is 0.696. The Morgan fingerprint density at radius 2 is 1.48 bits per heavy atom. The van der Waals surface area contributed by atoms with Crippen LogP contribution in [-0.4, -0.2) is 30.5 Å². The van der Waals surface area contributed by atoms with Crippen LogP contribution in [0.15, 0.2) is 23.2 Å². The van der Waals surface area contributed by atoms with Crippen molar-refractivity contribution in [3.05, 3.63) is 33.8 Å². The molecule has 0 heterocycles. The maximum Gasteiger partial charge on any atom is 0.185 e. The lowest BCUT2D eigenvalue weighted by molar-refractivity contribution is 0.143. The number of guanidine groups is 1. The van der Waals surface area contributed by atoms with Crippen molar-refractivity contribution in [1.29, 1.82) is 0 Å². The SMILES string of the molecule is NC(N)=NCC1CCC(CN(Cc2ccc(Cl)c(Cl)c2)CC2CCCCC2)CC1. The van der Waals surface area contributed by atoms with Crippen LogP contribution in [-0.2, 0) is 6.54 Å². The van der Waals surface area contributed by atoms with Crippen LogP contribution in [0.5, 0.6) is 0 Å². The van der Waals surface area contributed by atoms with Crippen LogP contribution in [0.3, 0.4) is 0 Å². The smallest absolute Gasteiger partial charge is 0.185 e. The second-order valence-corrected chi connectivity index (χ2v) is 9.91. The molecule has 0 unspecified atom stereocenters. The molecule has 2 aliphatic carbocycles. The number of nitrogens with zero attached hydrogens (tertiary/aromatic N) is 2. The number of hydrogen-bond donors (Lipinski definition) is 2. The van der Waals surface area contributed by atoms with Gasteiger partial charge < -0.3 is 11.5 Å². The van der Waals surface area contributed by atoms with Crippen molar-refractivity contribution < 1.29 is 0 Å². The van der Waals surface area contributed by atoms with Gasteiger partial charge >= 0.3 is 0 Å². The van der Waals surface area contributed by atoms with E-state index in [9.17, 15) is 0 Å². The third kappa shape index (κ3) is 7.66. The summed E-state index contributed by atoms with van der Waals surface area (Å²) in [6.45, 7) is 4.12. The predicted octanol–water partition coefficient (Wildman–Crippen LogP) is 5.46. The molecule has 1 aromatic rings. The Bertz CT molecular complexity index is 661. The summed E-state index contributed by atoms with van der Waals surface area (Å²) in [6.07, 6.45) is 11.9. The van der Waals surface area contributed by atoms with Crippen molar-refractivity contribution in [2.75, 3.05) is 19.6 Å². The van der Waals surface area contributed by atoms with E-state index in [1.54, 1.807) is 0 Å². The summed E-state index contributed by atoms with van der Waals surface area (Å²) >= 11 is 12.4. The molecule has 0 radical (unpaired) electrons. The highest BCUT2D eigenvalue weighted by Crippen LogP contribution is 2.32. The maximum atomic E-state index is 6.27. The van der Waals surface area contributed by atoms with Crippen LogP contribution in [0, 0.1) is 17.8 Å². The molecule has 0 aliphatic heterocycles. The molecule has 0 spiro atoms. The number of aliphatic imine (C=N–C) groups is 1. The van der Waals surface area contributed by atoms with Gasteiger partial charge in [-0.25, -0.2) is 0 Å². The highest BCUT2D eigenvalue weighted by Gasteiger charge is 2.25. The molecule has 2 fully saturated rings. The minimum Gasteiger partial charge on any atom is -0.370 e. The molecule has 3 rings (SSSR count). The summed E-state index contributed by atoms with van der Waals surface area (Å²) < 4.78 is 0. The standard InChI is InChI=1S/C23H36Cl2N4/c24-21-11-10-20(12-22(21)25)16-29(14-18-4-2-1-3-5-18)15-19-8-6-17(7-9-19)13-28-23(26)27/h10-12,17-19H,1-9,13-16H2,(H4,26,27,28). The Kier molecular flexibility index (Phi) is 8.95. The molecule has 29 heavy (non-hydrogen) atoms. The van der Waals surface area contributed by atoms with Crippen molar-refractivity contribution in [3.8, 4) is 0 Å². The number of halogens is 2. The Morgan fingerprint density at radius 1 is 0.862 bits per heavy atom. The van der Waals surface area contributed by atoms with Gasteiger partial charge in [0.2, 0.25) is 0 Å². The van der Waals surface area contributed by atoms with Crippen LogP contribution in [0.1, 0.15) is 63.4 Å². The first kappa shape index (κ1) is 22.7. The minimum atomic E-state index is 0.215. The first-order valence-corrected chi connectivity index (χ1v) is 12.0. The number of hydrogen-bond acceptors (Lipinski definition) is 2. The fourth-order valence-corrected chi connectivity index (χ4v) is 5.35. The molecular weight excluding hydrogens is 403 g/mol. The molecule has 4 N–H and O–H groups in total. The Morgan fingerprint density at radius 3 is 2.10 bits per heavy atom. The largest absolute Gasteiger partial charge is 0.370 e. The quantitative estimate of drug-likeness (QED) is 0.418. The van der Waals surface area contributed by atoms with E-state index in [1.165, 1.54) is 76.4 Å². The minimum absolute atomic E-state index is 0.215. The monoisotopic (exact) mass is 438 g/mol. The van der Waals surface area contributed by atoms with E-state index in [0.717, 1.165) is 24.9 Å².